The van der Waals surface area contributed by atoms with Crippen molar-refractivity contribution >= 4 is 43.7 Å². The van der Waals surface area contributed by atoms with Crippen molar-refractivity contribution in [3.8, 4) is 50.7 Å². The van der Waals surface area contributed by atoms with Crippen molar-refractivity contribution in [1.82, 2.24) is 14.5 Å². The molecule has 53 heavy (non-hydrogen) atoms. The van der Waals surface area contributed by atoms with Crippen molar-refractivity contribution in [1.29, 1.82) is 0 Å². The number of para-hydroxylation sites is 2. The Morgan fingerprint density at radius 2 is 1.15 bits per heavy atom. The Labute approximate surface area is 306 Å². The van der Waals surface area contributed by atoms with Crippen LogP contribution in [0.4, 0.5) is 0 Å². The van der Waals surface area contributed by atoms with Crippen LogP contribution < -0.4 is 0 Å². The van der Waals surface area contributed by atoms with E-state index in [1.165, 1.54) is 38.4 Å². The van der Waals surface area contributed by atoms with Crippen LogP contribution in [-0.2, 0) is 5.41 Å². The maximum atomic E-state index is 6.94. The maximum absolute atomic E-state index is 6.94. The summed E-state index contributed by atoms with van der Waals surface area (Å²) in [7, 11) is 0. The molecular weight excluding hydrogens is 647 g/mol. The highest BCUT2D eigenvalue weighted by atomic mass is 16.3. The SMILES string of the molecule is CC1(C)c2ccccc2-c2c1c1c3ccccc3oc1c1c2c2ccccc2n1-c1ccc(-c2nc(-c3ccccc3)cc(-c3ccccc3)n2)cc1. The topological polar surface area (TPSA) is 43.9 Å². The standard InChI is InChI=1S/C49H33N3O/c1-49(2)37-22-12-9-19-34(37)42-43-35-20-10-13-23-40(35)52(46(43)47-44(45(42)49)36-21-11-14-24-41(36)53-47)33-27-25-32(26-28-33)48-50-38(30-15-5-3-6-16-30)29-39(51-48)31-17-7-4-8-18-31/h3-29H,1-2H3. The molecule has 1 aliphatic carbocycles. The molecule has 4 heteroatoms. The fourth-order valence-corrected chi connectivity index (χ4v) is 8.81. The zero-order valence-corrected chi connectivity index (χ0v) is 29.3. The van der Waals surface area contributed by atoms with Gasteiger partial charge in [0.1, 0.15) is 5.58 Å². The summed E-state index contributed by atoms with van der Waals surface area (Å²) in [6.45, 7) is 4.72. The molecule has 250 valence electrons. The Morgan fingerprint density at radius 1 is 0.547 bits per heavy atom. The second kappa shape index (κ2) is 11.1. The van der Waals surface area contributed by atoms with E-state index in [9.17, 15) is 0 Å². The van der Waals surface area contributed by atoms with Crippen molar-refractivity contribution in [2.45, 2.75) is 19.3 Å². The normalized spacial score (nSPS) is 13.2. The van der Waals surface area contributed by atoms with Gasteiger partial charge in [-0.3, -0.25) is 0 Å². The lowest BCUT2D eigenvalue weighted by atomic mass is 9.80. The predicted molar refractivity (Wildman–Crippen MR) is 218 cm³/mol. The van der Waals surface area contributed by atoms with E-state index in [0.717, 1.165) is 61.4 Å². The van der Waals surface area contributed by atoms with Crippen LogP contribution in [0.5, 0.6) is 0 Å². The summed E-state index contributed by atoms with van der Waals surface area (Å²) in [5.41, 5.74) is 15.1. The first-order chi connectivity index (χ1) is 26.1. The van der Waals surface area contributed by atoms with Gasteiger partial charge in [-0.1, -0.05) is 135 Å². The van der Waals surface area contributed by atoms with E-state index >= 15 is 0 Å². The Bertz CT molecular complexity index is 3000. The zero-order chi connectivity index (χ0) is 35.3. The molecule has 11 rings (SSSR count). The summed E-state index contributed by atoms with van der Waals surface area (Å²) >= 11 is 0. The highest BCUT2D eigenvalue weighted by molar-refractivity contribution is 6.29. The average molecular weight is 680 g/mol. The molecule has 0 amide bonds. The molecular formula is C49H33N3O. The van der Waals surface area contributed by atoms with Gasteiger partial charge in [-0.2, -0.15) is 0 Å². The molecule has 3 aromatic heterocycles. The Hall–Kier alpha value is -6.78. The quantitative estimate of drug-likeness (QED) is 0.186. The van der Waals surface area contributed by atoms with Crippen LogP contribution in [0.15, 0.2) is 168 Å². The second-order valence-electron chi connectivity index (χ2n) is 14.5. The van der Waals surface area contributed by atoms with Gasteiger partial charge < -0.3 is 8.98 Å². The number of hydrogen-bond donors (Lipinski definition) is 0. The van der Waals surface area contributed by atoms with Crippen LogP contribution in [-0.4, -0.2) is 14.5 Å². The van der Waals surface area contributed by atoms with Crippen LogP contribution in [0.25, 0.3) is 94.5 Å². The van der Waals surface area contributed by atoms with Crippen molar-refractivity contribution in [3.05, 3.63) is 175 Å². The summed E-state index contributed by atoms with van der Waals surface area (Å²) in [5, 5.41) is 4.79. The molecule has 0 saturated carbocycles. The third kappa shape index (κ3) is 4.30. The molecule has 10 aromatic rings. The van der Waals surface area contributed by atoms with Crippen LogP contribution in [0.2, 0.25) is 0 Å². The van der Waals surface area contributed by atoms with Crippen LogP contribution in [0.3, 0.4) is 0 Å². The fraction of sp³-hybridized carbons (Fsp3) is 0.0612. The summed E-state index contributed by atoms with van der Waals surface area (Å²) < 4.78 is 9.33. The van der Waals surface area contributed by atoms with Crippen molar-refractivity contribution in [2.75, 3.05) is 0 Å². The molecule has 0 atom stereocenters. The summed E-state index contributed by atoms with van der Waals surface area (Å²) in [4.78, 5) is 10.2. The van der Waals surface area contributed by atoms with Gasteiger partial charge in [-0.15, -0.1) is 0 Å². The molecule has 0 aliphatic heterocycles. The first kappa shape index (κ1) is 29.9. The molecule has 0 spiro atoms. The molecule has 4 nitrogen and oxygen atoms in total. The average Bonchev–Trinajstić information content (AvgIpc) is 3.84. The van der Waals surface area contributed by atoms with Gasteiger partial charge in [0.2, 0.25) is 0 Å². The minimum atomic E-state index is -0.206. The van der Waals surface area contributed by atoms with Gasteiger partial charge in [0.25, 0.3) is 0 Å². The summed E-state index contributed by atoms with van der Waals surface area (Å²) in [6, 6.07) is 57.6. The highest BCUT2D eigenvalue weighted by Crippen LogP contribution is 2.58. The number of fused-ring (bicyclic) bond motifs is 12. The number of hydrogen-bond acceptors (Lipinski definition) is 3. The summed E-state index contributed by atoms with van der Waals surface area (Å²) in [5.74, 6) is 0.690. The first-order valence-corrected chi connectivity index (χ1v) is 18.2. The third-order valence-electron chi connectivity index (χ3n) is 11.2. The number of aromatic nitrogens is 3. The lowest BCUT2D eigenvalue weighted by Gasteiger charge is -2.22. The molecule has 3 heterocycles. The third-order valence-corrected chi connectivity index (χ3v) is 11.2. The van der Waals surface area contributed by atoms with E-state index in [2.05, 4.69) is 146 Å². The molecule has 7 aromatic carbocycles. The smallest absolute Gasteiger partial charge is 0.160 e. The minimum Gasteiger partial charge on any atom is -0.454 e. The Morgan fingerprint density at radius 3 is 1.87 bits per heavy atom. The molecule has 0 radical (unpaired) electrons. The van der Waals surface area contributed by atoms with Gasteiger partial charge in [0, 0.05) is 49.3 Å². The van der Waals surface area contributed by atoms with Gasteiger partial charge in [0.05, 0.1) is 22.4 Å². The van der Waals surface area contributed by atoms with Crippen molar-refractivity contribution in [3.63, 3.8) is 0 Å². The van der Waals surface area contributed by atoms with Crippen molar-refractivity contribution < 1.29 is 4.42 Å². The van der Waals surface area contributed by atoms with Crippen LogP contribution in [0, 0.1) is 0 Å². The predicted octanol–water partition coefficient (Wildman–Crippen LogP) is 12.8. The highest BCUT2D eigenvalue weighted by Gasteiger charge is 2.41. The maximum Gasteiger partial charge on any atom is 0.160 e. The number of benzene rings is 7. The Balaban J connectivity index is 1.18. The summed E-state index contributed by atoms with van der Waals surface area (Å²) in [6.07, 6.45) is 0. The van der Waals surface area contributed by atoms with Crippen LogP contribution in [0.1, 0.15) is 25.0 Å². The van der Waals surface area contributed by atoms with Gasteiger partial charge in [-0.05, 0) is 64.7 Å². The second-order valence-corrected chi connectivity index (χ2v) is 14.5. The largest absolute Gasteiger partial charge is 0.454 e. The van der Waals surface area contributed by atoms with E-state index in [4.69, 9.17) is 14.4 Å². The fourth-order valence-electron chi connectivity index (χ4n) is 8.81. The Kier molecular flexibility index (Phi) is 6.27. The molecule has 0 unspecified atom stereocenters. The van der Waals surface area contributed by atoms with E-state index in [-0.39, 0.29) is 5.41 Å². The monoisotopic (exact) mass is 679 g/mol. The van der Waals surface area contributed by atoms with E-state index < -0.39 is 0 Å². The van der Waals surface area contributed by atoms with E-state index in [1.807, 2.05) is 36.4 Å². The molecule has 0 N–H and O–H groups in total. The molecule has 0 fully saturated rings. The van der Waals surface area contributed by atoms with Gasteiger partial charge >= 0.3 is 0 Å². The lowest BCUT2D eigenvalue weighted by Crippen LogP contribution is -2.15. The molecule has 0 saturated heterocycles. The number of nitrogens with zero attached hydrogens (tertiary/aromatic N) is 3. The van der Waals surface area contributed by atoms with E-state index in [1.54, 1.807) is 0 Å². The van der Waals surface area contributed by atoms with Gasteiger partial charge in [0.15, 0.2) is 11.4 Å². The molecule has 1 aliphatic rings. The van der Waals surface area contributed by atoms with E-state index in [0.29, 0.717) is 5.82 Å². The van der Waals surface area contributed by atoms with Crippen molar-refractivity contribution in [2.24, 2.45) is 0 Å². The van der Waals surface area contributed by atoms with Gasteiger partial charge in [-0.25, -0.2) is 9.97 Å². The zero-order valence-electron chi connectivity index (χ0n) is 29.3. The molecule has 0 bridgehead atoms. The number of rotatable bonds is 4. The minimum absolute atomic E-state index is 0.206. The lowest BCUT2D eigenvalue weighted by molar-refractivity contribution is 0.658. The first-order valence-electron chi connectivity index (χ1n) is 18.2. The van der Waals surface area contributed by atoms with Crippen LogP contribution >= 0.6 is 0 Å². The number of furan rings is 1.